The normalized spacial score (nSPS) is 19.5. The van der Waals surface area contributed by atoms with Gasteiger partial charge in [-0.1, -0.05) is 32.3 Å². The van der Waals surface area contributed by atoms with Gasteiger partial charge < -0.3 is 10.3 Å². The van der Waals surface area contributed by atoms with Crippen molar-refractivity contribution in [3.63, 3.8) is 0 Å². The molecule has 0 spiro atoms. The molecule has 0 aromatic carbocycles. The molecule has 0 radical (unpaired) electrons. The van der Waals surface area contributed by atoms with Gasteiger partial charge in [-0.15, -0.1) is 0 Å². The zero-order chi connectivity index (χ0) is 11.8. The molecule has 1 saturated carbocycles. The van der Waals surface area contributed by atoms with Crippen molar-refractivity contribution in [2.24, 2.45) is 11.1 Å². The number of hydrogen-bond acceptors (Lipinski definition) is 4. The van der Waals surface area contributed by atoms with E-state index in [0.29, 0.717) is 18.2 Å². The van der Waals surface area contributed by atoms with Gasteiger partial charge in [0.25, 0.3) is 0 Å². The van der Waals surface area contributed by atoms with Crippen LogP contribution in [0.2, 0.25) is 0 Å². The highest BCUT2D eigenvalue weighted by Gasteiger charge is 2.27. The summed E-state index contributed by atoms with van der Waals surface area (Å²) in [4.78, 5) is 4.43. The summed E-state index contributed by atoms with van der Waals surface area (Å²) in [5, 5.41) is 4.03. The fraction of sp³-hybridized carbons (Fsp3) is 0.833. The molecule has 1 aliphatic carbocycles. The molecule has 2 rings (SSSR count). The number of nitrogens with zero attached hydrogens (tertiary/aromatic N) is 2. The van der Waals surface area contributed by atoms with Crippen LogP contribution in [0.25, 0.3) is 0 Å². The Labute approximate surface area is 96.6 Å². The van der Waals surface area contributed by atoms with Crippen molar-refractivity contribution in [1.82, 2.24) is 10.1 Å². The Morgan fingerprint density at radius 3 is 2.62 bits per heavy atom. The molecule has 1 aliphatic rings. The van der Waals surface area contributed by atoms with Crippen LogP contribution < -0.4 is 5.73 Å². The van der Waals surface area contributed by atoms with Crippen LogP contribution in [0.4, 0.5) is 0 Å². The van der Waals surface area contributed by atoms with Gasteiger partial charge in [-0.25, -0.2) is 0 Å². The maximum atomic E-state index is 6.09. The summed E-state index contributed by atoms with van der Waals surface area (Å²) < 4.78 is 5.25. The molecule has 0 aliphatic heterocycles. The molecule has 0 saturated heterocycles. The molecular formula is C12H21N3O. The Kier molecular flexibility index (Phi) is 3.02. The fourth-order valence-electron chi connectivity index (χ4n) is 1.68. The Morgan fingerprint density at radius 2 is 2.12 bits per heavy atom. The molecule has 1 unspecified atom stereocenters. The van der Waals surface area contributed by atoms with Gasteiger partial charge in [0.15, 0.2) is 5.82 Å². The van der Waals surface area contributed by atoms with Crippen molar-refractivity contribution >= 4 is 0 Å². The van der Waals surface area contributed by atoms with E-state index in [0.717, 1.165) is 5.82 Å². The van der Waals surface area contributed by atoms with Crippen molar-refractivity contribution < 1.29 is 4.52 Å². The number of nitrogens with two attached hydrogens (primary N) is 1. The minimum atomic E-state index is 0.0576. The van der Waals surface area contributed by atoms with Crippen molar-refractivity contribution in [3.8, 4) is 0 Å². The van der Waals surface area contributed by atoms with E-state index in [2.05, 4.69) is 30.9 Å². The predicted molar refractivity (Wildman–Crippen MR) is 62.0 cm³/mol. The minimum Gasteiger partial charge on any atom is -0.339 e. The van der Waals surface area contributed by atoms with E-state index in [1.807, 2.05) is 0 Å². The van der Waals surface area contributed by atoms with Crippen molar-refractivity contribution in [3.05, 3.63) is 11.7 Å². The Bertz CT molecular complexity index is 349. The summed E-state index contributed by atoms with van der Waals surface area (Å²) in [5.41, 5.74) is 6.16. The average molecular weight is 223 g/mol. The van der Waals surface area contributed by atoms with E-state index < -0.39 is 0 Å². The molecular weight excluding hydrogens is 202 g/mol. The molecule has 1 atom stereocenters. The average Bonchev–Trinajstić information content (AvgIpc) is 2.48. The molecule has 2 N–H and O–H groups in total. The molecule has 4 nitrogen and oxygen atoms in total. The minimum absolute atomic E-state index is 0.0576. The summed E-state index contributed by atoms with van der Waals surface area (Å²) >= 11 is 0. The Morgan fingerprint density at radius 1 is 1.44 bits per heavy atom. The summed E-state index contributed by atoms with van der Waals surface area (Å²) in [5.74, 6) is 2.09. The number of rotatable bonds is 3. The lowest BCUT2D eigenvalue weighted by atomic mass is 9.84. The SMILES string of the molecule is CC(C)(C)C(N)Cc1nc(C2CCC2)no1. The first-order chi connectivity index (χ1) is 7.47. The van der Waals surface area contributed by atoms with Gasteiger partial charge >= 0.3 is 0 Å². The van der Waals surface area contributed by atoms with E-state index in [1.54, 1.807) is 0 Å². The molecule has 1 fully saturated rings. The second-order valence-electron chi connectivity index (χ2n) is 5.85. The van der Waals surface area contributed by atoms with Gasteiger partial charge in [0.1, 0.15) is 0 Å². The zero-order valence-electron chi connectivity index (χ0n) is 10.4. The summed E-state index contributed by atoms with van der Waals surface area (Å²) in [6.07, 6.45) is 4.36. The van der Waals surface area contributed by atoms with Crippen molar-refractivity contribution in [1.29, 1.82) is 0 Å². The molecule has 4 heteroatoms. The first kappa shape index (κ1) is 11.6. The van der Waals surface area contributed by atoms with Crippen LogP contribution in [0.3, 0.4) is 0 Å². The highest BCUT2D eigenvalue weighted by atomic mass is 16.5. The quantitative estimate of drug-likeness (QED) is 0.853. The maximum absolute atomic E-state index is 6.09. The fourth-order valence-corrected chi connectivity index (χ4v) is 1.68. The molecule has 0 amide bonds. The third kappa shape index (κ3) is 2.43. The van der Waals surface area contributed by atoms with Crippen LogP contribution in [0.15, 0.2) is 4.52 Å². The largest absolute Gasteiger partial charge is 0.339 e. The number of hydrogen-bond donors (Lipinski definition) is 1. The van der Waals surface area contributed by atoms with E-state index in [9.17, 15) is 0 Å². The summed E-state index contributed by atoms with van der Waals surface area (Å²) in [6.45, 7) is 6.38. The third-order valence-corrected chi connectivity index (χ3v) is 3.46. The second-order valence-corrected chi connectivity index (χ2v) is 5.85. The van der Waals surface area contributed by atoms with E-state index in [1.165, 1.54) is 19.3 Å². The van der Waals surface area contributed by atoms with Gasteiger partial charge in [0.2, 0.25) is 5.89 Å². The third-order valence-electron chi connectivity index (χ3n) is 3.46. The zero-order valence-corrected chi connectivity index (χ0v) is 10.4. The predicted octanol–water partition coefficient (Wildman–Crippen LogP) is 2.25. The molecule has 1 heterocycles. The van der Waals surface area contributed by atoms with E-state index in [-0.39, 0.29) is 11.5 Å². The van der Waals surface area contributed by atoms with Crippen LogP contribution in [-0.4, -0.2) is 16.2 Å². The molecule has 1 aromatic heterocycles. The van der Waals surface area contributed by atoms with Crippen LogP contribution in [0.1, 0.15) is 57.7 Å². The van der Waals surface area contributed by atoms with Crippen LogP contribution in [0, 0.1) is 5.41 Å². The monoisotopic (exact) mass is 223 g/mol. The van der Waals surface area contributed by atoms with Gasteiger partial charge in [0.05, 0.1) is 0 Å². The lowest BCUT2D eigenvalue weighted by molar-refractivity contribution is 0.284. The Balaban J connectivity index is 1.97. The summed E-state index contributed by atoms with van der Waals surface area (Å²) in [6, 6.07) is 0.0576. The van der Waals surface area contributed by atoms with Gasteiger partial charge in [-0.2, -0.15) is 4.98 Å². The standard InChI is InChI=1S/C12H21N3O/c1-12(2,3)9(13)7-10-14-11(15-16-10)8-5-4-6-8/h8-9H,4-7,13H2,1-3H3. The lowest BCUT2D eigenvalue weighted by Crippen LogP contribution is -2.37. The lowest BCUT2D eigenvalue weighted by Gasteiger charge is -2.25. The van der Waals surface area contributed by atoms with Gasteiger partial charge in [-0.05, 0) is 18.3 Å². The molecule has 1 aromatic rings. The molecule has 16 heavy (non-hydrogen) atoms. The van der Waals surface area contributed by atoms with E-state index >= 15 is 0 Å². The van der Waals surface area contributed by atoms with Crippen LogP contribution in [0.5, 0.6) is 0 Å². The number of aromatic nitrogens is 2. The highest BCUT2D eigenvalue weighted by molar-refractivity contribution is 5.00. The Hall–Kier alpha value is -0.900. The van der Waals surface area contributed by atoms with Crippen molar-refractivity contribution in [2.45, 2.75) is 58.4 Å². The van der Waals surface area contributed by atoms with Crippen LogP contribution in [-0.2, 0) is 6.42 Å². The second kappa shape index (κ2) is 4.17. The topological polar surface area (TPSA) is 64.9 Å². The highest BCUT2D eigenvalue weighted by Crippen LogP contribution is 2.34. The maximum Gasteiger partial charge on any atom is 0.228 e. The van der Waals surface area contributed by atoms with E-state index in [4.69, 9.17) is 10.3 Å². The van der Waals surface area contributed by atoms with Crippen LogP contribution >= 0.6 is 0 Å². The first-order valence-corrected chi connectivity index (χ1v) is 6.05. The smallest absolute Gasteiger partial charge is 0.228 e. The van der Waals surface area contributed by atoms with Gasteiger partial charge in [0, 0.05) is 18.4 Å². The molecule has 0 bridgehead atoms. The summed E-state index contributed by atoms with van der Waals surface area (Å²) in [7, 11) is 0. The molecule has 90 valence electrons. The first-order valence-electron chi connectivity index (χ1n) is 6.05. The van der Waals surface area contributed by atoms with Gasteiger partial charge in [-0.3, -0.25) is 0 Å². The van der Waals surface area contributed by atoms with Crippen molar-refractivity contribution in [2.75, 3.05) is 0 Å².